The molecule has 2 aromatic rings. The van der Waals surface area contributed by atoms with Crippen LogP contribution in [0.1, 0.15) is 5.69 Å². The topological polar surface area (TPSA) is 58.4 Å². The van der Waals surface area contributed by atoms with Gasteiger partial charge in [0.05, 0.1) is 24.3 Å². The second-order valence-corrected chi connectivity index (χ2v) is 4.33. The zero-order chi connectivity index (χ0) is 13.8. The molecule has 0 atom stereocenters. The second-order valence-electron chi connectivity index (χ2n) is 4.33. The number of para-hydroxylation sites is 1. The fourth-order valence-electron chi connectivity index (χ4n) is 2.11. The molecule has 0 aliphatic heterocycles. The summed E-state index contributed by atoms with van der Waals surface area (Å²) in [5, 5.41) is 14.3. The van der Waals surface area contributed by atoms with Gasteiger partial charge in [0.1, 0.15) is 0 Å². The van der Waals surface area contributed by atoms with Gasteiger partial charge in [0.25, 0.3) is 0 Å². The van der Waals surface area contributed by atoms with Gasteiger partial charge in [-0.05, 0) is 6.07 Å². The first-order valence-corrected chi connectivity index (χ1v) is 5.90. The van der Waals surface area contributed by atoms with Crippen molar-refractivity contribution in [2.24, 2.45) is 7.05 Å². The maximum atomic E-state index is 10.8. The van der Waals surface area contributed by atoms with Crippen molar-refractivity contribution in [1.82, 2.24) is 14.7 Å². The third-order valence-electron chi connectivity index (χ3n) is 2.88. The Balaban J connectivity index is 2.29. The van der Waals surface area contributed by atoms with Gasteiger partial charge in [0.15, 0.2) is 0 Å². The lowest BCUT2D eigenvalue weighted by atomic mass is 10.2. The van der Waals surface area contributed by atoms with Crippen LogP contribution in [0.5, 0.6) is 0 Å². The molecular formula is C14H15N3O2. The van der Waals surface area contributed by atoms with Crippen LogP contribution in [0.3, 0.4) is 0 Å². The predicted octanol–water partition coefficient (Wildman–Crippen LogP) is 1.09. The molecule has 19 heavy (non-hydrogen) atoms. The Morgan fingerprint density at radius 3 is 2.95 bits per heavy atom. The minimum atomic E-state index is -0.893. The van der Waals surface area contributed by atoms with E-state index in [4.69, 9.17) is 11.5 Å². The van der Waals surface area contributed by atoms with Crippen molar-refractivity contribution in [3.8, 4) is 12.3 Å². The SMILES string of the molecule is C#CCN(CC(=O)O)Cc1nn(C)c2ccccc12. The third kappa shape index (κ3) is 2.92. The van der Waals surface area contributed by atoms with E-state index in [1.54, 1.807) is 9.58 Å². The van der Waals surface area contributed by atoms with Crippen molar-refractivity contribution in [1.29, 1.82) is 0 Å². The molecule has 0 saturated carbocycles. The molecule has 0 bridgehead atoms. The number of aliphatic carboxylic acids is 1. The number of fused-ring (bicyclic) bond motifs is 1. The zero-order valence-corrected chi connectivity index (χ0v) is 10.7. The number of nitrogens with zero attached hydrogens (tertiary/aromatic N) is 3. The molecule has 5 heteroatoms. The minimum Gasteiger partial charge on any atom is -0.480 e. The molecule has 0 aliphatic carbocycles. The van der Waals surface area contributed by atoms with Crippen LogP contribution >= 0.6 is 0 Å². The molecule has 1 aromatic carbocycles. The Labute approximate surface area is 111 Å². The van der Waals surface area contributed by atoms with Crippen molar-refractivity contribution >= 4 is 16.9 Å². The van der Waals surface area contributed by atoms with Crippen molar-refractivity contribution < 1.29 is 9.90 Å². The first-order chi connectivity index (χ1) is 9.11. The Morgan fingerprint density at radius 2 is 2.26 bits per heavy atom. The number of terminal acetylenes is 1. The first-order valence-electron chi connectivity index (χ1n) is 5.90. The summed E-state index contributed by atoms with van der Waals surface area (Å²) in [6.07, 6.45) is 5.27. The highest BCUT2D eigenvalue weighted by Crippen LogP contribution is 2.18. The lowest BCUT2D eigenvalue weighted by Gasteiger charge is -2.15. The van der Waals surface area contributed by atoms with Crippen LogP contribution in [0, 0.1) is 12.3 Å². The van der Waals surface area contributed by atoms with E-state index in [9.17, 15) is 4.79 Å². The van der Waals surface area contributed by atoms with Crippen LogP contribution in [0.25, 0.3) is 10.9 Å². The number of aryl methyl sites for hydroxylation is 1. The van der Waals surface area contributed by atoms with Gasteiger partial charge >= 0.3 is 5.97 Å². The summed E-state index contributed by atoms with van der Waals surface area (Å²) >= 11 is 0. The molecule has 0 saturated heterocycles. The van der Waals surface area contributed by atoms with Crippen molar-refractivity contribution in [2.75, 3.05) is 13.1 Å². The largest absolute Gasteiger partial charge is 0.480 e. The van der Waals surface area contributed by atoms with E-state index in [1.165, 1.54) is 0 Å². The number of carboxylic acid groups (broad SMARTS) is 1. The number of aromatic nitrogens is 2. The number of carbonyl (C=O) groups is 1. The molecular weight excluding hydrogens is 242 g/mol. The Kier molecular flexibility index (Phi) is 3.83. The number of rotatable bonds is 5. The quantitative estimate of drug-likeness (QED) is 0.815. The van der Waals surface area contributed by atoms with E-state index in [0.717, 1.165) is 16.6 Å². The van der Waals surface area contributed by atoms with Crippen molar-refractivity contribution in [3.05, 3.63) is 30.0 Å². The predicted molar refractivity (Wildman–Crippen MR) is 72.5 cm³/mol. The van der Waals surface area contributed by atoms with Gasteiger partial charge in [-0.1, -0.05) is 24.1 Å². The minimum absolute atomic E-state index is 0.0882. The monoisotopic (exact) mass is 257 g/mol. The lowest BCUT2D eigenvalue weighted by molar-refractivity contribution is -0.138. The Bertz CT molecular complexity index is 640. The van der Waals surface area contributed by atoms with Gasteiger partial charge in [-0.3, -0.25) is 14.4 Å². The average molecular weight is 257 g/mol. The molecule has 2 rings (SSSR count). The molecule has 5 nitrogen and oxygen atoms in total. The van der Waals surface area contributed by atoms with Crippen LogP contribution < -0.4 is 0 Å². The molecule has 0 unspecified atom stereocenters. The van der Waals surface area contributed by atoms with E-state index in [1.807, 2.05) is 31.3 Å². The van der Waals surface area contributed by atoms with E-state index < -0.39 is 5.97 Å². The molecule has 0 amide bonds. The fourth-order valence-corrected chi connectivity index (χ4v) is 2.11. The average Bonchev–Trinajstić information content (AvgIpc) is 2.67. The van der Waals surface area contributed by atoms with Crippen LogP contribution in [0.4, 0.5) is 0 Å². The highest BCUT2D eigenvalue weighted by Gasteiger charge is 2.14. The fraction of sp³-hybridized carbons (Fsp3) is 0.286. The van der Waals surface area contributed by atoms with Crippen LogP contribution in [0.15, 0.2) is 24.3 Å². The summed E-state index contributed by atoms with van der Waals surface area (Å²) < 4.78 is 1.79. The maximum Gasteiger partial charge on any atom is 0.317 e. The first kappa shape index (κ1) is 13.1. The number of benzene rings is 1. The lowest BCUT2D eigenvalue weighted by Crippen LogP contribution is -2.30. The second kappa shape index (κ2) is 5.55. The van der Waals surface area contributed by atoms with Gasteiger partial charge in [-0.2, -0.15) is 5.10 Å². The van der Waals surface area contributed by atoms with E-state index in [-0.39, 0.29) is 13.1 Å². The van der Waals surface area contributed by atoms with E-state index in [0.29, 0.717) is 6.54 Å². The van der Waals surface area contributed by atoms with Gasteiger partial charge in [-0.25, -0.2) is 0 Å². The van der Waals surface area contributed by atoms with Crippen molar-refractivity contribution in [2.45, 2.75) is 6.54 Å². The number of carboxylic acids is 1. The van der Waals surface area contributed by atoms with Crippen LogP contribution in [-0.4, -0.2) is 38.8 Å². The molecule has 98 valence electrons. The maximum absolute atomic E-state index is 10.8. The van der Waals surface area contributed by atoms with Gasteiger partial charge in [-0.15, -0.1) is 6.42 Å². The van der Waals surface area contributed by atoms with E-state index >= 15 is 0 Å². The van der Waals surface area contributed by atoms with Crippen LogP contribution in [0.2, 0.25) is 0 Å². The third-order valence-corrected chi connectivity index (χ3v) is 2.88. The molecule has 1 heterocycles. The Hall–Kier alpha value is -2.32. The standard InChI is InChI=1S/C14H15N3O2/c1-3-8-17(10-14(18)19)9-12-11-6-4-5-7-13(11)16(2)15-12/h1,4-7H,8-10H2,2H3,(H,18,19). The zero-order valence-electron chi connectivity index (χ0n) is 10.7. The molecule has 1 aromatic heterocycles. The molecule has 0 aliphatic rings. The number of hydrogen-bond donors (Lipinski definition) is 1. The van der Waals surface area contributed by atoms with Gasteiger partial charge < -0.3 is 5.11 Å². The molecule has 0 spiro atoms. The highest BCUT2D eigenvalue weighted by molar-refractivity contribution is 5.81. The summed E-state index contributed by atoms with van der Waals surface area (Å²) in [6, 6.07) is 7.85. The van der Waals surface area contributed by atoms with Gasteiger partial charge in [0, 0.05) is 19.0 Å². The molecule has 1 N–H and O–H groups in total. The van der Waals surface area contributed by atoms with Crippen molar-refractivity contribution in [3.63, 3.8) is 0 Å². The molecule has 0 fully saturated rings. The summed E-state index contributed by atoms with van der Waals surface area (Å²) in [5.41, 5.74) is 1.86. The summed E-state index contributed by atoms with van der Waals surface area (Å²) in [6.45, 7) is 0.629. The molecule has 0 radical (unpaired) electrons. The van der Waals surface area contributed by atoms with Crippen LogP contribution in [-0.2, 0) is 18.4 Å². The van der Waals surface area contributed by atoms with E-state index in [2.05, 4.69) is 11.0 Å². The number of hydrogen-bond acceptors (Lipinski definition) is 3. The summed E-state index contributed by atoms with van der Waals surface area (Å²) in [4.78, 5) is 12.5. The summed E-state index contributed by atoms with van der Waals surface area (Å²) in [7, 11) is 1.87. The van der Waals surface area contributed by atoms with Gasteiger partial charge in [0.2, 0.25) is 0 Å². The Morgan fingerprint density at radius 1 is 1.53 bits per heavy atom. The normalized spacial score (nSPS) is 10.8. The smallest absolute Gasteiger partial charge is 0.317 e. The summed E-state index contributed by atoms with van der Waals surface area (Å²) in [5.74, 6) is 1.58. The highest BCUT2D eigenvalue weighted by atomic mass is 16.4.